The van der Waals surface area contributed by atoms with E-state index < -0.39 is 11.9 Å². The Kier molecular flexibility index (Phi) is 6.41. The fraction of sp³-hybridized carbons (Fsp3) is 0.167. The summed E-state index contributed by atoms with van der Waals surface area (Å²) in [4.78, 5) is 11.3. The molecule has 32 heavy (non-hydrogen) atoms. The van der Waals surface area contributed by atoms with Crippen molar-refractivity contribution < 1.29 is 19.4 Å². The molecule has 4 rings (SSSR count). The quantitative estimate of drug-likeness (QED) is 0.425. The van der Waals surface area contributed by atoms with Crippen LogP contribution in [0.5, 0.6) is 17.2 Å². The van der Waals surface area contributed by atoms with Crippen LogP contribution in [0.1, 0.15) is 29.3 Å². The number of tetrazole rings is 1. The van der Waals surface area contributed by atoms with E-state index in [9.17, 15) is 9.90 Å². The van der Waals surface area contributed by atoms with Crippen molar-refractivity contribution in [2.45, 2.75) is 18.9 Å². The number of hydrogen-bond donors (Lipinski definition) is 1. The zero-order chi connectivity index (χ0) is 22.3. The number of aromatic nitrogens is 4. The molecule has 0 unspecified atom stereocenters. The standard InChI is InChI=1S/C24H22N4O4/c1-28-24(25-26-27-28)22(15-23(29)30)18-10-12-19(13-11-18)31-16-17-6-5-9-21(14-17)32-20-7-3-2-4-8-20/h2-14,22H,15-16H2,1H3,(H,29,30)/t22-/m0/s1. The number of ether oxygens (including phenoxy) is 2. The number of aryl methyl sites for hydroxylation is 1. The van der Waals surface area contributed by atoms with Crippen LogP contribution < -0.4 is 9.47 Å². The third-order valence-electron chi connectivity index (χ3n) is 4.91. The number of carboxylic acids is 1. The number of benzene rings is 3. The molecule has 0 bridgehead atoms. The SMILES string of the molecule is Cn1nnnc1[C@@H](CC(=O)O)c1ccc(OCc2cccc(Oc3ccccc3)c2)cc1. The van der Waals surface area contributed by atoms with Gasteiger partial charge in [-0.05, 0) is 58.0 Å². The highest BCUT2D eigenvalue weighted by Gasteiger charge is 2.23. The number of rotatable bonds is 9. The van der Waals surface area contributed by atoms with Gasteiger partial charge in [0.15, 0.2) is 5.82 Å². The first kappa shape index (κ1) is 21.0. The van der Waals surface area contributed by atoms with Crippen molar-refractivity contribution in [3.05, 3.63) is 95.8 Å². The maximum Gasteiger partial charge on any atom is 0.304 e. The number of carbonyl (C=O) groups is 1. The zero-order valence-electron chi connectivity index (χ0n) is 17.5. The average Bonchev–Trinajstić information content (AvgIpc) is 3.23. The molecule has 8 heteroatoms. The molecule has 1 atom stereocenters. The summed E-state index contributed by atoms with van der Waals surface area (Å²) >= 11 is 0. The molecular weight excluding hydrogens is 408 g/mol. The Morgan fingerprint density at radius 2 is 1.72 bits per heavy atom. The van der Waals surface area contributed by atoms with E-state index in [-0.39, 0.29) is 6.42 Å². The molecule has 0 amide bonds. The molecular formula is C24H22N4O4. The lowest BCUT2D eigenvalue weighted by Crippen LogP contribution is -2.13. The van der Waals surface area contributed by atoms with E-state index in [1.165, 1.54) is 4.68 Å². The maximum absolute atomic E-state index is 11.3. The molecule has 4 aromatic rings. The van der Waals surface area contributed by atoms with Crippen LogP contribution in [0.4, 0.5) is 0 Å². The summed E-state index contributed by atoms with van der Waals surface area (Å²) in [6, 6.07) is 24.6. The van der Waals surface area contributed by atoms with Crippen molar-refractivity contribution in [1.29, 1.82) is 0 Å². The van der Waals surface area contributed by atoms with Crippen molar-refractivity contribution in [2.75, 3.05) is 0 Å². The van der Waals surface area contributed by atoms with Gasteiger partial charge in [0.2, 0.25) is 0 Å². The van der Waals surface area contributed by atoms with Crippen LogP contribution in [0, 0.1) is 0 Å². The second-order valence-electron chi connectivity index (χ2n) is 7.23. The molecule has 8 nitrogen and oxygen atoms in total. The molecule has 0 aliphatic heterocycles. The fourth-order valence-electron chi connectivity index (χ4n) is 3.35. The Labute approximate surface area is 185 Å². The summed E-state index contributed by atoms with van der Waals surface area (Å²) < 4.78 is 13.3. The van der Waals surface area contributed by atoms with Crippen LogP contribution in [0.25, 0.3) is 0 Å². The van der Waals surface area contributed by atoms with E-state index >= 15 is 0 Å². The second kappa shape index (κ2) is 9.74. The monoisotopic (exact) mass is 430 g/mol. The smallest absolute Gasteiger partial charge is 0.304 e. The molecule has 1 heterocycles. The first-order chi connectivity index (χ1) is 15.6. The van der Waals surface area contributed by atoms with Gasteiger partial charge < -0.3 is 14.6 Å². The van der Waals surface area contributed by atoms with Gasteiger partial charge in [0.1, 0.15) is 23.9 Å². The Bertz CT molecular complexity index is 1180. The Morgan fingerprint density at radius 3 is 2.41 bits per heavy atom. The third-order valence-corrected chi connectivity index (χ3v) is 4.91. The molecule has 0 radical (unpaired) electrons. The average molecular weight is 430 g/mol. The Morgan fingerprint density at radius 1 is 0.969 bits per heavy atom. The van der Waals surface area contributed by atoms with Crippen LogP contribution in [0.2, 0.25) is 0 Å². The van der Waals surface area contributed by atoms with Gasteiger partial charge in [0.05, 0.1) is 12.3 Å². The van der Waals surface area contributed by atoms with Crippen LogP contribution in [0.15, 0.2) is 78.9 Å². The molecule has 1 N–H and O–H groups in total. The van der Waals surface area contributed by atoms with Gasteiger partial charge in [-0.1, -0.05) is 42.5 Å². The van der Waals surface area contributed by atoms with E-state index in [1.54, 1.807) is 7.05 Å². The van der Waals surface area contributed by atoms with Gasteiger partial charge in [-0.15, -0.1) is 5.10 Å². The summed E-state index contributed by atoms with van der Waals surface area (Å²) in [5.74, 6) is 1.31. The maximum atomic E-state index is 11.3. The van der Waals surface area contributed by atoms with E-state index in [1.807, 2.05) is 78.9 Å². The zero-order valence-corrected chi connectivity index (χ0v) is 17.5. The van der Waals surface area contributed by atoms with Gasteiger partial charge >= 0.3 is 5.97 Å². The van der Waals surface area contributed by atoms with Crippen molar-refractivity contribution in [1.82, 2.24) is 20.2 Å². The topological polar surface area (TPSA) is 99.4 Å². The Hall–Kier alpha value is -4.20. The summed E-state index contributed by atoms with van der Waals surface area (Å²) in [7, 11) is 1.69. The molecule has 1 aromatic heterocycles. The predicted molar refractivity (Wildman–Crippen MR) is 117 cm³/mol. The lowest BCUT2D eigenvalue weighted by Gasteiger charge is -2.14. The second-order valence-corrected chi connectivity index (χ2v) is 7.23. The number of nitrogens with zero attached hydrogens (tertiary/aromatic N) is 4. The molecule has 0 aliphatic rings. The normalized spacial score (nSPS) is 11.7. The molecule has 0 fully saturated rings. The lowest BCUT2D eigenvalue weighted by molar-refractivity contribution is -0.137. The number of carboxylic acid groups (broad SMARTS) is 1. The van der Waals surface area contributed by atoms with E-state index in [4.69, 9.17) is 9.47 Å². The van der Waals surface area contributed by atoms with Gasteiger partial charge in [0.25, 0.3) is 0 Å². The van der Waals surface area contributed by atoms with Crippen LogP contribution in [-0.4, -0.2) is 31.3 Å². The van der Waals surface area contributed by atoms with Crippen molar-refractivity contribution in [2.24, 2.45) is 7.05 Å². The van der Waals surface area contributed by atoms with E-state index in [2.05, 4.69) is 15.5 Å². The van der Waals surface area contributed by atoms with Crippen molar-refractivity contribution in [3.8, 4) is 17.2 Å². The third kappa shape index (κ3) is 5.28. The summed E-state index contributed by atoms with van der Waals surface area (Å²) in [5, 5.41) is 20.7. The fourth-order valence-corrected chi connectivity index (χ4v) is 3.35. The highest BCUT2D eigenvalue weighted by atomic mass is 16.5. The van der Waals surface area contributed by atoms with E-state index in [0.29, 0.717) is 18.2 Å². The molecule has 162 valence electrons. The summed E-state index contributed by atoms with van der Waals surface area (Å²) in [5.41, 5.74) is 1.77. The summed E-state index contributed by atoms with van der Waals surface area (Å²) in [6.45, 7) is 0.372. The first-order valence-electron chi connectivity index (χ1n) is 10.1. The lowest BCUT2D eigenvalue weighted by atomic mass is 9.95. The number of hydrogen-bond acceptors (Lipinski definition) is 6. The van der Waals surface area contributed by atoms with Crippen molar-refractivity contribution in [3.63, 3.8) is 0 Å². The molecule has 0 aliphatic carbocycles. The minimum absolute atomic E-state index is 0.109. The Balaban J connectivity index is 1.42. The largest absolute Gasteiger partial charge is 0.489 e. The van der Waals surface area contributed by atoms with Crippen LogP contribution in [-0.2, 0) is 18.4 Å². The number of aliphatic carboxylic acids is 1. The van der Waals surface area contributed by atoms with Gasteiger partial charge in [-0.3, -0.25) is 4.79 Å². The van der Waals surface area contributed by atoms with Crippen molar-refractivity contribution >= 4 is 5.97 Å². The van der Waals surface area contributed by atoms with Crippen LogP contribution in [0.3, 0.4) is 0 Å². The highest BCUT2D eigenvalue weighted by molar-refractivity contribution is 5.68. The molecule has 0 spiro atoms. The first-order valence-corrected chi connectivity index (χ1v) is 10.1. The van der Waals surface area contributed by atoms with E-state index in [0.717, 1.165) is 22.6 Å². The molecule has 0 saturated heterocycles. The minimum atomic E-state index is -0.920. The van der Waals surface area contributed by atoms with Gasteiger partial charge in [0, 0.05) is 7.05 Å². The highest BCUT2D eigenvalue weighted by Crippen LogP contribution is 2.28. The minimum Gasteiger partial charge on any atom is -0.489 e. The van der Waals surface area contributed by atoms with Crippen LogP contribution >= 0.6 is 0 Å². The summed E-state index contributed by atoms with van der Waals surface area (Å²) in [6.07, 6.45) is -0.109. The van der Waals surface area contributed by atoms with Gasteiger partial charge in [-0.2, -0.15) is 0 Å². The van der Waals surface area contributed by atoms with Gasteiger partial charge in [-0.25, -0.2) is 4.68 Å². The predicted octanol–water partition coefficient (Wildman–Crippen LogP) is 4.19. The number of para-hydroxylation sites is 1. The molecule has 3 aromatic carbocycles. The molecule has 0 saturated carbocycles.